The number of aliphatic hydroxyl groups excluding tert-OH is 7. The number of hydrogen-bond donors (Lipinski definition) is 7. The maximum Gasteiger partial charge on any atom is 0.303 e. The lowest BCUT2D eigenvalue weighted by molar-refractivity contribution is -0.332. The number of hydrogen-bond acceptors (Lipinski definition) is 14. The first kappa shape index (κ1) is 48.1. The SMILES string of the molecule is CCCCCCCCCCCCCCCCCCCCCCOCC(COC1OC(COC2OC(CO)C(O)C(O)C2O)C(O)C(O)C1O)OC(C)=O. The van der Waals surface area contributed by atoms with Gasteiger partial charge >= 0.3 is 5.97 Å². The molecular formula is C39H74O14. The third-order valence-corrected chi connectivity index (χ3v) is 10.2. The van der Waals surface area contributed by atoms with Gasteiger partial charge in [-0.15, -0.1) is 0 Å². The molecular weight excluding hydrogens is 692 g/mol. The third kappa shape index (κ3) is 19.6. The van der Waals surface area contributed by atoms with Crippen molar-refractivity contribution in [3.05, 3.63) is 0 Å². The normalized spacial score (nSPS) is 29.7. The van der Waals surface area contributed by atoms with E-state index >= 15 is 0 Å². The molecule has 2 aliphatic rings. The number of ether oxygens (including phenoxy) is 6. The van der Waals surface area contributed by atoms with Crippen LogP contribution in [0.2, 0.25) is 0 Å². The van der Waals surface area contributed by atoms with Crippen molar-refractivity contribution in [2.45, 2.75) is 210 Å². The average molecular weight is 767 g/mol. The summed E-state index contributed by atoms with van der Waals surface area (Å²) in [5.74, 6) is -0.549. The van der Waals surface area contributed by atoms with Crippen molar-refractivity contribution in [1.29, 1.82) is 0 Å². The highest BCUT2D eigenvalue weighted by molar-refractivity contribution is 5.66. The number of unbranched alkanes of at least 4 members (excludes halogenated alkanes) is 19. The predicted octanol–water partition coefficient (Wildman–Crippen LogP) is 3.40. The van der Waals surface area contributed by atoms with Gasteiger partial charge in [0.2, 0.25) is 0 Å². The van der Waals surface area contributed by atoms with Crippen LogP contribution in [0.4, 0.5) is 0 Å². The summed E-state index contributed by atoms with van der Waals surface area (Å²) in [7, 11) is 0. The summed E-state index contributed by atoms with van der Waals surface area (Å²) in [5, 5.41) is 70.9. The van der Waals surface area contributed by atoms with Crippen LogP contribution in [-0.4, -0.2) is 142 Å². The Morgan fingerprint density at radius 2 is 0.962 bits per heavy atom. The zero-order valence-corrected chi connectivity index (χ0v) is 32.5. The zero-order valence-electron chi connectivity index (χ0n) is 32.5. The van der Waals surface area contributed by atoms with Crippen LogP contribution < -0.4 is 0 Å². The summed E-state index contributed by atoms with van der Waals surface area (Å²) < 4.78 is 33.1. The van der Waals surface area contributed by atoms with Gasteiger partial charge < -0.3 is 64.2 Å². The van der Waals surface area contributed by atoms with E-state index < -0.39 is 86.7 Å². The fourth-order valence-corrected chi connectivity index (χ4v) is 6.81. The highest BCUT2D eigenvalue weighted by Gasteiger charge is 2.47. The number of carbonyl (C=O) groups excluding carboxylic acids is 1. The molecule has 14 nitrogen and oxygen atoms in total. The lowest BCUT2D eigenvalue weighted by atomic mass is 9.98. The van der Waals surface area contributed by atoms with E-state index in [-0.39, 0.29) is 13.2 Å². The van der Waals surface area contributed by atoms with E-state index in [9.17, 15) is 40.5 Å². The number of carbonyl (C=O) groups is 1. The second kappa shape index (κ2) is 29.3. The molecule has 2 aliphatic heterocycles. The Kier molecular flexibility index (Phi) is 26.6. The van der Waals surface area contributed by atoms with Crippen molar-refractivity contribution < 1.29 is 69.0 Å². The zero-order chi connectivity index (χ0) is 38.8. The molecule has 2 saturated heterocycles. The van der Waals surface area contributed by atoms with Crippen molar-refractivity contribution in [3.8, 4) is 0 Å². The molecule has 0 bridgehead atoms. The molecule has 2 fully saturated rings. The molecule has 11 unspecified atom stereocenters. The molecule has 14 heteroatoms. The highest BCUT2D eigenvalue weighted by atomic mass is 16.7. The van der Waals surface area contributed by atoms with E-state index in [1.165, 1.54) is 116 Å². The minimum absolute atomic E-state index is 0.0519. The minimum atomic E-state index is -1.69. The highest BCUT2D eigenvalue weighted by Crippen LogP contribution is 2.26. The Balaban J connectivity index is 1.54. The van der Waals surface area contributed by atoms with Crippen LogP contribution in [0, 0.1) is 0 Å². The van der Waals surface area contributed by atoms with Crippen LogP contribution in [-0.2, 0) is 33.2 Å². The maximum atomic E-state index is 11.7. The molecule has 0 radical (unpaired) electrons. The van der Waals surface area contributed by atoms with Gasteiger partial charge in [-0.25, -0.2) is 0 Å². The van der Waals surface area contributed by atoms with Gasteiger partial charge in [-0.3, -0.25) is 4.79 Å². The second-order valence-corrected chi connectivity index (χ2v) is 14.9. The molecule has 11 atom stereocenters. The van der Waals surface area contributed by atoms with Crippen molar-refractivity contribution >= 4 is 5.97 Å². The maximum absolute atomic E-state index is 11.7. The first-order chi connectivity index (χ1) is 25.6. The van der Waals surface area contributed by atoms with Crippen molar-refractivity contribution in [1.82, 2.24) is 0 Å². The standard InChI is InChI=1S/C39H74O14/c1-3-4-5-6-7-8-9-10-11-12-13-14-15-16-17-18-19-20-21-22-23-48-25-29(51-28(2)41)26-49-38-37(47)35(45)33(43)31(53-38)27-50-39-36(46)34(44)32(42)30(24-40)52-39/h29-40,42-47H,3-27H2,1-2H3. The summed E-state index contributed by atoms with van der Waals surface area (Å²) >= 11 is 0. The molecule has 53 heavy (non-hydrogen) atoms. The first-order valence-electron chi connectivity index (χ1n) is 20.6. The average Bonchev–Trinajstić information content (AvgIpc) is 3.14. The van der Waals surface area contributed by atoms with Gasteiger partial charge in [-0.2, -0.15) is 0 Å². The van der Waals surface area contributed by atoms with Gasteiger partial charge in [0.15, 0.2) is 12.6 Å². The topological polar surface area (TPSA) is 214 Å². The lowest BCUT2D eigenvalue weighted by Crippen LogP contribution is -2.61. The summed E-state index contributed by atoms with van der Waals surface area (Å²) in [5.41, 5.74) is 0. The van der Waals surface area contributed by atoms with E-state index in [1.807, 2.05) is 0 Å². The Labute approximate surface area is 317 Å². The Bertz CT molecular complexity index is 896. The van der Waals surface area contributed by atoms with Crippen molar-refractivity contribution in [2.24, 2.45) is 0 Å². The second-order valence-electron chi connectivity index (χ2n) is 14.9. The lowest BCUT2D eigenvalue weighted by Gasteiger charge is -2.42. The third-order valence-electron chi connectivity index (χ3n) is 10.2. The summed E-state index contributed by atoms with van der Waals surface area (Å²) in [4.78, 5) is 11.7. The van der Waals surface area contributed by atoms with Crippen LogP contribution in [0.3, 0.4) is 0 Å². The smallest absolute Gasteiger partial charge is 0.303 e. The van der Waals surface area contributed by atoms with Gasteiger partial charge in [-0.05, 0) is 6.42 Å². The van der Waals surface area contributed by atoms with Gasteiger partial charge in [0.25, 0.3) is 0 Å². The molecule has 0 spiro atoms. The first-order valence-corrected chi connectivity index (χ1v) is 20.6. The van der Waals surface area contributed by atoms with E-state index in [1.54, 1.807) is 0 Å². The molecule has 0 aromatic heterocycles. The molecule has 0 aliphatic carbocycles. The fraction of sp³-hybridized carbons (Fsp3) is 0.974. The van der Waals surface area contributed by atoms with E-state index in [2.05, 4.69) is 6.92 Å². The molecule has 0 aromatic carbocycles. The number of rotatable bonds is 31. The van der Waals surface area contributed by atoms with Crippen molar-refractivity contribution in [2.75, 3.05) is 33.0 Å². The van der Waals surface area contributed by atoms with Gasteiger partial charge in [0.1, 0.15) is 54.9 Å². The largest absolute Gasteiger partial charge is 0.458 e. The van der Waals surface area contributed by atoms with Crippen molar-refractivity contribution in [3.63, 3.8) is 0 Å². The molecule has 2 heterocycles. The summed E-state index contributed by atoms with van der Waals surface area (Å²) in [6.07, 6.45) is 10.0. The van der Waals surface area contributed by atoms with Crippen LogP contribution in [0.5, 0.6) is 0 Å². The summed E-state index contributed by atoms with van der Waals surface area (Å²) in [6.45, 7) is 2.69. The number of esters is 1. The Morgan fingerprint density at radius 3 is 1.42 bits per heavy atom. The molecule has 7 N–H and O–H groups in total. The quantitative estimate of drug-likeness (QED) is 0.0398. The van der Waals surface area contributed by atoms with E-state index in [0.29, 0.717) is 6.61 Å². The van der Waals surface area contributed by atoms with Crippen LogP contribution >= 0.6 is 0 Å². The molecule has 0 aromatic rings. The minimum Gasteiger partial charge on any atom is -0.458 e. The predicted molar refractivity (Wildman–Crippen MR) is 197 cm³/mol. The number of aliphatic hydroxyl groups is 7. The van der Waals surface area contributed by atoms with Gasteiger partial charge in [-0.1, -0.05) is 129 Å². The Hall–Kier alpha value is -1.01. The summed E-state index contributed by atoms with van der Waals surface area (Å²) in [6, 6.07) is 0. The molecule has 314 valence electrons. The Morgan fingerprint density at radius 1 is 0.547 bits per heavy atom. The monoisotopic (exact) mass is 767 g/mol. The van der Waals surface area contributed by atoms with Crippen LogP contribution in [0.1, 0.15) is 142 Å². The van der Waals surface area contributed by atoms with Crippen LogP contribution in [0.15, 0.2) is 0 Å². The fourth-order valence-electron chi connectivity index (χ4n) is 6.81. The van der Waals surface area contributed by atoms with Crippen LogP contribution in [0.25, 0.3) is 0 Å². The van der Waals surface area contributed by atoms with E-state index in [0.717, 1.165) is 19.3 Å². The van der Waals surface area contributed by atoms with Gasteiger partial charge in [0, 0.05) is 13.5 Å². The van der Waals surface area contributed by atoms with E-state index in [4.69, 9.17) is 28.4 Å². The van der Waals surface area contributed by atoms with Gasteiger partial charge in [0.05, 0.1) is 26.4 Å². The molecule has 2 rings (SSSR count). The molecule has 0 amide bonds. The molecule has 0 saturated carbocycles.